The highest BCUT2D eigenvalue weighted by Gasteiger charge is 2.13. The molecule has 2 heterocycles. The lowest BCUT2D eigenvalue weighted by molar-refractivity contribution is 0.298. The van der Waals surface area contributed by atoms with Crippen LogP contribution in [-0.4, -0.2) is 30.9 Å². The fourth-order valence-electron chi connectivity index (χ4n) is 1.86. The SMILES string of the molecule is Cc1nc2n(C)nc(C)n2c(=O)c1CCO. The summed E-state index contributed by atoms with van der Waals surface area (Å²) >= 11 is 0. The molecule has 86 valence electrons. The van der Waals surface area contributed by atoms with Crippen LogP contribution in [0.4, 0.5) is 0 Å². The van der Waals surface area contributed by atoms with Crippen LogP contribution in [0.1, 0.15) is 17.1 Å². The molecule has 2 aromatic heterocycles. The van der Waals surface area contributed by atoms with E-state index in [1.165, 1.54) is 4.40 Å². The lowest BCUT2D eigenvalue weighted by Crippen LogP contribution is -2.23. The molecule has 0 aliphatic heterocycles. The second-order valence-electron chi connectivity index (χ2n) is 3.76. The molecule has 1 N–H and O–H groups in total. The molecular weight excluding hydrogens is 208 g/mol. The molecule has 2 aromatic rings. The van der Waals surface area contributed by atoms with Crippen molar-refractivity contribution in [3.8, 4) is 0 Å². The van der Waals surface area contributed by atoms with E-state index in [0.29, 0.717) is 29.3 Å². The summed E-state index contributed by atoms with van der Waals surface area (Å²) in [6, 6.07) is 0. The third-order valence-electron chi connectivity index (χ3n) is 2.64. The van der Waals surface area contributed by atoms with Crippen LogP contribution < -0.4 is 5.56 Å². The van der Waals surface area contributed by atoms with Gasteiger partial charge in [-0.15, -0.1) is 0 Å². The maximum Gasteiger partial charge on any atom is 0.264 e. The average molecular weight is 222 g/mol. The highest BCUT2D eigenvalue weighted by molar-refractivity contribution is 5.34. The molecule has 0 fully saturated rings. The van der Waals surface area contributed by atoms with E-state index in [9.17, 15) is 4.79 Å². The van der Waals surface area contributed by atoms with Crippen molar-refractivity contribution < 1.29 is 5.11 Å². The zero-order valence-electron chi connectivity index (χ0n) is 9.56. The second kappa shape index (κ2) is 3.71. The molecule has 0 aliphatic carbocycles. The number of aliphatic hydroxyl groups excluding tert-OH is 1. The Morgan fingerprint density at radius 1 is 1.38 bits per heavy atom. The van der Waals surface area contributed by atoms with E-state index >= 15 is 0 Å². The first-order valence-corrected chi connectivity index (χ1v) is 5.09. The highest BCUT2D eigenvalue weighted by atomic mass is 16.3. The third-order valence-corrected chi connectivity index (χ3v) is 2.64. The van der Waals surface area contributed by atoms with Crippen molar-refractivity contribution >= 4 is 5.78 Å². The highest BCUT2D eigenvalue weighted by Crippen LogP contribution is 2.05. The first-order chi connectivity index (χ1) is 7.56. The Bertz CT molecular complexity index is 597. The lowest BCUT2D eigenvalue weighted by atomic mass is 10.2. The molecule has 0 spiro atoms. The number of aromatic nitrogens is 4. The van der Waals surface area contributed by atoms with Crippen molar-refractivity contribution in [1.82, 2.24) is 19.2 Å². The fourth-order valence-corrected chi connectivity index (χ4v) is 1.86. The number of fused-ring (bicyclic) bond motifs is 1. The van der Waals surface area contributed by atoms with Gasteiger partial charge in [0.25, 0.3) is 5.56 Å². The molecule has 2 rings (SSSR count). The molecule has 0 amide bonds. The van der Waals surface area contributed by atoms with Gasteiger partial charge < -0.3 is 5.11 Å². The molecule has 0 aromatic carbocycles. The maximum atomic E-state index is 12.1. The maximum absolute atomic E-state index is 12.1. The molecule has 0 radical (unpaired) electrons. The lowest BCUT2D eigenvalue weighted by Gasteiger charge is -2.03. The van der Waals surface area contributed by atoms with Gasteiger partial charge in [0.1, 0.15) is 5.82 Å². The summed E-state index contributed by atoms with van der Waals surface area (Å²) in [5.41, 5.74) is 1.07. The van der Waals surface area contributed by atoms with Crippen molar-refractivity contribution in [1.29, 1.82) is 0 Å². The number of rotatable bonds is 2. The van der Waals surface area contributed by atoms with Crippen molar-refractivity contribution in [3.63, 3.8) is 0 Å². The van der Waals surface area contributed by atoms with Crippen LogP contribution in [0, 0.1) is 13.8 Å². The number of hydrogen-bond donors (Lipinski definition) is 1. The third kappa shape index (κ3) is 1.42. The summed E-state index contributed by atoms with van der Waals surface area (Å²) < 4.78 is 3.05. The summed E-state index contributed by atoms with van der Waals surface area (Å²) in [6.07, 6.45) is 0.328. The second-order valence-corrected chi connectivity index (χ2v) is 3.76. The van der Waals surface area contributed by atoms with Crippen LogP contribution >= 0.6 is 0 Å². The number of aryl methyl sites for hydroxylation is 3. The van der Waals surface area contributed by atoms with E-state index in [4.69, 9.17) is 5.11 Å². The molecule has 0 atom stereocenters. The number of hydrogen-bond acceptors (Lipinski definition) is 4. The zero-order chi connectivity index (χ0) is 11.9. The first-order valence-electron chi connectivity index (χ1n) is 5.09. The Kier molecular flexibility index (Phi) is 2.51. The Labute approximate surface area is 92.2 Å². The van der Waals surface area contributed by atoms with E-state index in [1.807, 2.05) is 0 Å². The van der Waals surface area contributed by atoms with Crippen molar-refractivity contribution in [2.24, 2.45) is 7.05 Å². The van der Waals surface area contributed by atoms with Crippen molar-refractivity contribution in [2.45, 2.75) is 20.3 Å². The van der Waals surface area contributed by atoms with E-state index < -0.39 is 0 Å². The van der Waals surface area contributed by atoms with E-state index in [0.717, 1.165) is 0 Å². The zero-order valence-corrected chi connectivity index (χ0v) is 9.56. The summed E-state index contributed by atoms with van der Waals surface area (Å²) in [5, 5.41) is 13.1. The minimum atomic E-state index is -0.137. The van der Waals surface area contributed by atoms with Crippen molar-refractivity contribution in [2.75, 3.05) is 6.61 Å². The molecule has 6 heteroatoms. The van der Waals surface area contributed by atoms with Crippen molar-refractivity contribution in [3.05, 3.63) is 27.4 Å². The monoisotopic (exact) mass is 222 g/mol. The molecule has 6 nitrogen and oxygen atoms in total. The van der Waals surface area contributed by atoms with Gasteiger partial charge in [-0.05, 0) is 13.8 Å². The number of nitrogens with zero attached hydrogens (tertiary/aromatic N) is 4. The van der Waals surface area contributed by atoms with Crippen LogP contribution in [-0.2, 0) is 13.5 Å². The predicted molar refractivity (Wildman–Crippen MR) is 58.5 cm³/mol. The molecule has 0 saturated carbocycles. The Morgan fingerprint density at radius 3 is 2.69 bits per heavy atom. The molecule has 0 saturated heterocycles. The quantitative estimate of drug-likeness (QED) is 0.749. The molecule has 0 unspecified atom stereocenters. The summed E-state index contributed by atoms with van der Waals surface area (Å²) in [6.45, 7) is 3.48. The van der Waals surface area contributed by atoms with Gasteiger partial charge in [0.15, 0.2) is 0 Å². The average Bonchev–Trinajstić information content (AvgIpc) is 2.49. The van der Waals surface area contributed by atoms with E-state index in [-0.39, 0.29) is 12.2 Å². The molecular formula is C10H14N4O2. The first kappa shape index (κ1) is 10.8. The summed E-state index contributed by atoms with van der Waals surface area (Å²) in [4.78, 5) is 16.5. The van der Waals surface area contributed by atoms with Gasteiger partial charge in [-0.3, -0.25) is 4.79 Å². The van der Waals surface area contributed by atoms with Gasteiger partial charge in [0, 0.05) is 25.6 Å². The smallest absolute Gasteiger partial charge is 0.264 e. The predicted octanol–water partition coefficient (Wildman–Crippen LogP) is -0.420. The van der Waals surface area contributed by atoms with Crippen LogP contribution in [0.3, 0.4) is 0 Å². The fraction of sp³-hybridized carbons (Fsp3) is 0.500. The van der Waals surface area contributed by atoms with Crippen LogP contribution in [0.2, 0.25) is 0 Å². The normalized spacial score (nSPS) is 11.2. The van der Waals surface area contributed by atoms with Crippen LogP contribution in [0.5, 0.6) is 0 Å². The van der Waals surface area contributed by atoms with Crippen LogP contribution in [0.15, 0.2) is 4.79 Å². The minimum absolute atomic E-state index is 0.0524. The van der Waals surface area contributed by atoms with Crippen LogP contribution in [0.25, 0.3) is 5.78 Å². The van der Waals surface area contributed by atoms with Gasteiger partial charge in [0.2, 0.25) is 5.78 Å². The Balaban J connectivity index is 2.87. The topological polar surface area (TPSA) is 72.4 Å². The largest absolute Gasteiger partial charge is 0.396 e. The Morgan fingerprint density at radius 2 is 2.06 bits per heavy atom. The summed E-state index contributed by atoms with van der Waals surface area (Å²) in [5.74, 6) is 1.14. The molecule has 16 heavy (non-hydrogen) atoms. The van der Waals surface area contributed by atoms with E-state index in [2.05, 4.69) is 10.1 Å². The summed E-state index contributed by atoms with van der Waals surface area (Å²) in [7, 11) is 1.75. The van der Waals surface area contributed by atoms with Gasteiger partial charge >= 0.3 is 0 Å². The number of aliphatic hydroxyl groups is 1. The van der Waals surface area contributed by atoms with Gasteiger partial charge in [0.05, 0.1) is 5.69 Å². The minimum Gasteiger partial charge on any atom is -0.396 e. The molecule has 0 aliphatic rings. The van der Waals surface area contributed by atoms with E-state index in [1.54, 1.807) is 25.6 Å². The molecule has 0 bridgehead atoms. The van der Waals surface area contributed by atoms with Gasteiger partial charge in [-0.2, -0.15) is 5.10 Å². The standard InChI is InChI=1S/C10H14N4O2/c1-6-8(4-5-15)9(16)14-7(2)12-13(3)10(14)11-6/h15H,4-5H2,1-3H3. The van der Waals surface area contributed by atoms with Gasteiger partial charge in [-0.25, -0.2) is 14.1 Å². The van der Waals surface area contributed by atoms with Gasteiger partial charge in [-0.1, -0.05) is 0 Å². The Hall–Kier alpha value is -1.69.